The van der Waals surface area contributed by atoms with E-state index in [9.17, 15) is 14.4 Å². The number of carbonyl (C=O) groups excluding carboxylic acids is 3. The van der Waals surface area contributed by atoms with Crippen LogP contribution in [-0.4, -0.2) is 60.6 Å². The van der Waals surface area contributed by atoms with Gasteiger partial charge < -0.3 is 9.64 Å². The Morgan fingerprint density at radius 1 is 1.14 bits per heavy atom. The molecule has 0 N–H and O–H groups in total. The van der Waals surface area contributed by atoms with Gasteiger partial charge in [-0.15, -0.1) is 0 Å². The summed E-state index contributed by atoms with van der Waals surface area (Å²) in [6.45, 7) is 1.77. The zero-order valence-electron chi connectivity index (χ0n) is 12.1. The lowest BCUT2D eigenvalue weighted by molar-refractivity contribution is -0.193. The van der Waals surface area contributed by atoms with Crippen LogP contribution in [0.3, 0.4) is 0 Å². The Balaban J connectivity index is 1.39. The van der Waals surface area contributed by atoms with Gasteiger partial charge in [-0.3, -0.25) is 19.2 Å². The molecule has 0 aromatic rings. The van der Waals surface area contributed by atoms with Gasteiger partial charge >= 0.3 is 0 Å². The van der Waals surface area contributed by atoms with Crippen molar-refractivity contribution in [1.82, 2.24) is 9.96 Å². The molecule has 0 aromatic heterocycles. The lowest BCUT2D eigenvalue weighted by Crippen LogP contribution is -2.44. The van der Waals surface area contributed by atoms with Crippen LogP contribution in [0.25, 0.3) is 0 Å². The molecule has 0 aromatic carbocycles. The number of amides is 3. The molecule has 2 saturated heterocycles. The third-order valence-corrected chi connectivity index (χ3v) is 5.11. The largest absolute Gasteiger partial charge is 0.378 e. The number of allylic oxidation sites excluding steroid dienone is 2. The van der Waals surface area contributed by atoms with Gasteiger partial charge in [0.2, 0.25) is 0 Å². The summed E-state index contributed by atoms with van der Waals surface area (Å²) in [5.74, 6) is -1.09. The molecule has 4 rings (SSSR count). The predicted molar refractivity (Wildman–Crippen MR) is 72.9 cm³/mol. The number of ether oxygens (including phenoxy) is 1. The number of fused-ring (bicyclic) bond motifs is 5. The Morgan fingerprint density at radius 3 is 2.32 bits per heavy atom. The molecule has 0 spiro atoms. The van der Waals surface area contributed by atoms with Crippen LogP contribution in [0, 0.1) is 23.7 Å². The highest BCUT2D eigenvalue weighted by Gasteiger charge is 2.60. The number of carbonyl (C=O) groups is 3. The topological polar surface area (TPSA) is 76.2 Å². The van der Waals surface area contributed by atoms with Crippen molar-refractivity contribution in [1.29, 1.82) is 0 Å². The first-order valence-electron chi connectivity index (χ1n) is 7.71. The highest BCUT2D eigenvalue weighted by atomic mass is 16.7. The third-order valence-electron chi connectivity index (χ3n) is 5.11. The smallest absolute Gasteiger partial charge is 0.258 e. The maximum Gasteiger partial charge on any atom is 0.258 e. The van der Waals surface area contributed by atoms with E-state index in [0.29, 0.717) is 26.3 Å². The molecule has 2 aliphatic carbocycles. The quantitative estimate of drug-likeness (QED) is 0.523. The second-order valence-electron chi connectivity index (χ2n) is 6.24. The average molecular weight is 306 g/mol. The zero-order chi connectivity index (χ0) is 15.3. The number of hydrogen-bond acceptors (Lipinski definition) is 5. The van der Waals surface area contributed by atoms with E-state index in [4.69, 9.17) is 9.57 Å². The van der Waals surface area contributed by atoms with Gasteiger partial charge in [0, 0.05) is 13.1 Å². The Bertz CT molecular complexity index is 524. The molecule has 4 atom stereocenters. The fraction of sp³-hybridized carbons (Fsp3) is 0.667. The summed E-state index contributed by atoms with van der Waals surface area (Å²) in [6.07, 6.45) is 4.94. The van der Waals surface area contributed by atoms with Crippen molar-refractivity contribution in [3.8, 4) is 0 Å². The number of hydrogen-bond donors (Lipinski definition) is 0. The Hall–Kier alpha value is -1.73. The maximum atomic E-state index is 12.4. The minimum atomic E-state index is -0.291. The molecule has 0 unspecified atom stereocenters. The molecule has 1 saturated carbocycles. The van der Waals surface area contributed by atoms with Crippen molar-refractivity contribution in [2.45, 2.75) is 6.42 Å². The monoisotopic (exact) mass is 306 g/mol. The molecule has 2 heterocycles. The van der Waals surface area contributed by atoms with Crippen molar-refractivity contribution in [2.75, 3.05) is 32.9 Å². The molecule has 7 nitrogen and oxygen atoms in total. The summed E-state index contributed by atoms with van der Waals surface area (Å²) in [7, 11) is 0. The third kappa shape index (κ3) is 1.99. The van der Waals surface area contributed by atoms with E-state index >= 15 is 0 Å². The van der Waals surface area contributed by atoms with E-state index in [1.165, 1.54) is 0 Å². The summed E-state index contributed by atoms with van der Waals surface area (Å²) < 4.78 is 5.18. The molecule has 0 radical (unpaired) electrons. The van der Waals surface area contributed by atoms with Gasteiger partial charge in [0.15, 0.2) is 6.61 Å². The molecule has 4 aliphatic rings. The van der Waals surface area contributed by atoms with Crippen LogP contribution in [0.1, 0.15) is 6.42 Å². The molecular weight excluding hydrogens is 288 g/mol. The molecule has 2 bridgehead atoms. The fourth-order valence-electron chi connectivity index (χ4n) is 4.03. The van der Waals surface area contributed by atoms with Gasteiger partial charge in [-0.2, -0.15) is 5.06 Å². The van der Waals surface area contributed by atoms with Crippen molar-refractivity contribution in [3.05, 3.63) is 12.2 Å². The Kier molecular flexibility index (Phi) is 3.27. The van der Waals surface area contributed by atoms with Crippen LogP contribution in [0.4, 0.5) is 0 Å². The van der Waals surface area contributed by atoms with Gasteiger partial charge in [-0.05, 0) is 18.3 Å². The highest BCUT2D eigenvalue weighted by molar-refractivity contribution is 6.05. The van der Waals surface area contributed by atoms with Crippen molar-refractivity contribution < 1.29 is 24.0 Å². The Labute approximate surface area is 127 Å². The van der Waals surface area contributed by atoms with Gasteiger partial charge in [0.1, 0.15) is 0 Å². The second kappa shape index (κ2) is 5.17. The van der Waals surface area contributed by atoms with E-state index < -0.39 is 0 Å². The van der Waals surface area contributed by atoms with Crippen molar-refractivity contribution in [3.63, 3.8) is 0 Å². The van der Waals surface area contributed by atoms with E-state index in [1.807, 2.05) is 12.2 Å². The normalized spacial score (nSPS) is 36.4. The standard InChI is InChI=1S/C15H18N2O5/c18-11(16-3-5-21-6-4-16)8-22-17-14(19)12-9-1-2-10(7-9)13(12)15(17)20/h1-2,9-10,12-13H,3-8H2/t9-,10-,12-,13+/m0/s1. The number of morpholine rings is 1. The second-order valence-corrected chi connectivity index (χ2v) is 6.24. The molecule has 118 valence electrons. The summed E-state index contributed by atoms with van der Waals surface area (Å²) >= 11 is 0. The lowest BCUT2D eigenvalue weighted by atomic mass is 9.85. The summed E-state index contributed by atoms with van der Waals surface area (Å²) in [5, 5.41) is 0.833. The molecule has 7 heteroatoms. The number of hydroxylamine groups is 2. The number of imide groups is 1. The molecule has 22 heavy (non-hydrogen) atoms. The first-order valence-corrected chi connectivity index (χ1v) is 7.71. The predicted octanol–water partition coefficient (Wildman–Crippen LogP) is -0.416. The van der Waals surface area contributed by atoms with Gasteiger partial charge in [0.25, 0.3) is 17.7 Å². The van der Waals surface area contributed by atoms with E-state index in [0.717, 1.165) is 11.5 Å². The summed E-state index contributed by atoms with van der Waals surface area (Å²) in [4.78, 5) is 43.7. The molecule has 2 aliphatic heterocycles. The van der Waals surface area contributed by atoms with Gasteiger partial charge in [-0.1, -0.05) is 12.2 Å². The Morgan fingerprint density at radius 2 is 1.73 bits per heavy atom. The minimum Gasteiger partial charge on any atom is -0.378 e. The molecular formula is C15H18N2O5. The van der Waals surface area contributed by atoms with E-state index in [2.05, 4.69) is 0 Å². The van der Waals surface area contributed by atoms with E-state index in [-0.39, 0.29) is 48.0 Å². The zero-order valence-corrected chi connectivity index (χ0v) is 12.1. The number of rotatable bonds is 3. The van der Waals surface area contributed by atoms with Gasteiger partial charge in [-0.25, -0.2) is 0 Å². The van der Waals surface area contributed by atoms with Crippen LogP contribution in [-0.2, 0) is 24.0 Å². The van der Waals surface area contributed by atoms with Crippen LogP contribution >= 0.6 is 0 Å². The average Bonchev–Trinajstić information content (AvgIpc) is 3.21. The van der Waals surface area contributed by atoms with Gasteiger partial charge in [0.05, 0.1) is 25.0 Å². The highest BCUT2D eigenvalue weighted by Crippen LogP contribution is 2.52. The summed E-state index contributed by atoms with van der Waals surface area (Å²) in [5.41, 5.74) is 0. The van der Waals surface area contributed by atoms with Crippen LogP contribution in [0.15, 0.2) is 12.2 Å². The van der Waals surface area contributed by atoms with Crippen LogP contribution < -0.4 is 0 Å². The lowest BCUT2D eigenvalue weighted by Gasteiger charge is -2.27. The minimum absolute atomic E-state index is 0.148. The first kappa shape index (κ1) is 13.9. The van der Waals surface area contributed by atoms with Crippen molar-refractivity contribution in [2.24, 2.45) is 23.7 Å². The SMILES string of the molecule is O=C(CON1C(=O)[C@@H]2[C@H](C1=O)[C@H]1C=C[C@H]2C1)N1CCOCC1. The van der Waals surface area contributed by atoms with Crippen LogP contribution in [0.5, 0.6) is 0 Å². The first-order chi connectivity index (χ1) is 10.7. The maximum absolute atomic E-state index is 12.4. The van der Waals surface area contributed by atoms with Crippen LogP contribution in [0.2, 0.25) is 0 Å². The fourth-order valence-corrected chi connectivity index (χ4v) is 4.03. The summed E-state index contributed by atoms with van der Waals surface area (Å²) in [6, 6.07) is 0. The molecule has 3 amide bonds. The number of nitrogens with zero attached hydrogens (tertiary/aromatic N) is 2. The van der Waals surface area contributed by atoms with E-state index in [1.54, 1.807) is 4.90 Å². The molecule has 3 fully saturated rings. The van der Waals surface area contributed by atoms with Crippen molar-refractivity contribution >= 4 is 17.7 Å².